The summed E-state index contributed by atoms with van der Waals surface area (Å²) in [6, 6.07) is 16.8. The van der Waals surface area contributed by atoms with E-state index in [0.717, 1.165) is 22.5 Å². The highest BCUT2D eigenvalue weighted by Gasteiger charge is 2.11. The van der Waals surface area contributed by atoms with E-state index >= 15 is 0 Å². The van der Waals surface area contributed by atoms with Gasteiger partial charge in [-0.15, -0.1) is 0 Å². The second kappa shape index (κ2) is 8.05. The van der Waals surface area contributed by atoms with E-state index in [2.05, 4.69) is 25.6 Å². The van der Waals surface area contributed by atoms with Crippen LogP contribution in [0.5, 0.6) is 0 Å². The molecule has 0 fully saturated rings. The molecule has 0 aliphatic rings. The molecule has 0 saturated heterocycles. The van der Waals surface area contributed by atoms with Gasteiger partial charge in [0.05, 0.1) is 11.9 Å². The van der Waals surface area contributed by atoms with Crippen molar-refractivity contribution in [3.05, 3.63) is 96.7 Å². The van der Waals surface area contributed by atoms with E-state index in [-0.39, 0.29) is 5.91 Å². The van der Waals surface area contributed by atoms with Crippen molar-refractivity contribution in [1.29, 1.82) is 0 Å². The van der Waals surface area contributed by atoms with Crippen LogP contribution in [-0.4, -0.2) is 31.9 Å². The summed E-state index contributed by atoms with van der Waals surface area (Å²) in [6.07, 6.45) is 9.99. The predicted octanol–water partition coefficient (Wildman–Crippen LogP) is 3.09. The second-order valence-corrected chi connectivity index (χ2v) is 5.88. The summed E-state index contributed by atoms with van der Waals surface area (Å²) in [4.78, 5) is 20.1. The highest BCUT2D eigenvalue weighted by Crippen LogP contribution is 2.21. The first-order valence-electron chi connectivity index (χ1n) is 8.60. The number of nitrogens with zero attached hydrogens (tertiary/aromatic N) is 5. The Balaban J connectivity index is 1.63. The zero-order valence-corrected chi connectivity index (χ0v) is 14.8. The van der Waals surface area contributed by atoms with Crippen LogP contribution in [0.1, 0.15) is 15.9 Å². The number of para-hydroxylation sites is 1. The number of pyridine rings is 2. The Hall–Kier alpha value is -4.13. The number of hydrogen-bond acceptors (Lipinski definition) is 5. The summed E-state index contributed by atoms with van der Waals surface area (Å²) >= 11 is 0. The molecule has 136 valence electrons. The fourth-order valence-electron chi connectivity index (χ4n) is 2.66. The summed E-state index contributed by atoms with van der Waals surface area (Å²) in [5.41, 5.74) is 6.37. The average molecular weight is 368 g/mol. The summed E-state index contributed by atoms with van der Waals surface area (Å²) in [6.45, 7) is 0. The molecule has 0 radical (unpaired) electrons. The van der Waals surface area contributed by atoms with Gasteiger partial charge in [-0.25, -0.2) is 10.1 Å². The molecule has 7 nitrogen and oxygen atoms in total. The first-order valence-corrected chi connectivity index (χ1v) is 8.60. The number of hydrazone groups is 1. The Kier molecular flexibility index (Phi) is 4.97. The minimum absolute atomic E-state index is 0.306. The van der Waals surface area contributed by atoms with Crippen LogP contribution in [0.2, 0.25) is 0 Å². The molecule has 0 spiro atoms. The number of benzene rings is 1. The van der Waals surface area contributed by atoms with E-state index in [1.54, 1.807) is 47.8 Å². The Bertz CT molecular complexity index is 1090. The normalized spacial score (nSPS) is 10.9. The van der Waals surface area contributed by atoms with Gasteiger partial charge in [0.15, 0.2) is 0 Å². The molecule has 4 rings (SSSR count). The van der Waals surface area contributed by atoms with Crippen LogP contribution in [0, 0.1) is 0 Å². The molecule has 0 bridgehead atoms. The standard InChI is InChI=1S/C21H16N6O/c28-21(17-8-12-23-13-9-17)25-24-14-18-15-27(19-4-2-1-3-5-19)26-20(18)16-6-10-22-11-7-16/h1-15H,(H,25,28)/b24-14-. The monoisotopic (exact) mass is 368 g/mol. The molecular weight excluding hydrogens is 352 g/mol. The van der Waals surface area contributed by atoms with Gasteiger partial charge in [0, 0.05) is 47.7 Å². The van der Waals surface area contributed by atoms with Gasteiger partial charge in [0.25, 0.3) is 5.91 Å². The van der Waals surface area contributed by atoms with Crippen molar-refractivity contribution >= 4 is 12.1 Å². The minimum atomic E-state index is -0.306. The van der Waals surface area contributed by atoms with Crippen LogP contribution in [-0.2, 0) is 0 Å². The van der Waals surface area contributed by atoms with E-state index in [1.807, 2.05) is 48.7 Å². The topological polar surface area (TPSA) is 85.1 Å². The highest BCUT2D eigenvalue weighted by molar-refractivity contribution is 5.95. The lowest BCUT2D eigenvalue weighted by Gasteiger charge is -2.00. The smallest absolute Gasteiger partial charge is 0.267 e. The molecule has 3 aromatic heterocycles. The van der Waals surface area contributed by atoms with Crippen molar-refractivity contribution in [2.45, 2.75) is 0 Å². The van der Waals surface area contributed by atoms with Gasteiger partial charge in [0.2, 0.25) is 0 Å². The van der Waals surface area contributed by atoms with Crippen LogP contribution < -0.4 is 5.43 Å². The minimum Gasteiger partial charge on any atom is -0.267 e. The lowest BCUT2D eigenvalue weighted by atomic mass is 10.1. The fourth-order valence-corrected chi connectivity index (χ4v) is 2.66. The van der Waals surface area contributed by atoms with Crippen molar-refractivity contribution in [2.24, 2.45) is 5.10 Å². The molecule has 4 aromatic rings. The van der Waals surface area contributed by atoms with Crippen molar-refractivity contribution in [3.8, 4) is 16.9 Å². The molecular formula is C21H16N6O. The summed E-state index contributed by atoms with van der Waals surface area (Å²) < 4.78 is 1.78. The van der Waals surface area contributed by atoms with Gasteiger partial charge in [-0.2, -0.15) is 10.2 Å². The second-order valence-electron chi connectivity index (χ2n) is 5.88. The number of hydrogen-bond donors (Lipinski definition) is 1. The molecule has 1 amide bonds. The summed E-state index contributed by atoms with van der Waals surface area (Å²) in [5.74, 6) is -0.306. The van der Waals surface area contributed by atoms with E-state index in [0.29, 0.717) is 5.56 Å². The van der Waals surface area contributed by atoms with Gasteiger partial charge >= 0.3 is 0 Å². The molecule has 7 heteroatoms. The van der Waals surface area contributed by atoms with Crippen LogP contribution in [0.4, 0.5) is 0 Å². The molecule has 28 heavy (non-hydrogen) atoms. The highest BCUT2D eigenvalue weighted by atomic mass is 16.2. The van der Waals surface area contributed by atoms with Crippen molar-refractivity contribution in [1.82, 2.24) is 25.2 Å². The number of aromatic nitrogens is 4. The Morgan fingerprint density at radius 1 is 0.929 bits per heavy atom. The van der Waals surface area contributed by atoms with Crippen LogP contribution in [0.3, 0.4) is 0 Å². The fraction of sp³-hybridized carbons (Fsp3) is 0. The third-order valence-corrected chi connectivity index (χ3v) is 4.03. The molecule has 0 aliphatic carbocycles. The van der Waals surface area contributed by atoms with E-state index in [9.17, 15) is 4.79 Å². The molecule has 1 aromatic carbocycles. The maximum Gasteiger partial charge on any atom is 0.271 e. The maximum absolute atomic E-state index is 12.1. The first kappa shape index (κ1) is 17.3. The largest absolute Gasteiger partial charge is 0.271 e. The molecule has 0 aliphatic heterocycles. The Morgan fingerprint density at radius 2 is 1.61 bits per heavy atom. The van der Waals surface area contributed by atoms with Gasteiger partial charge in [-0.1, -0.05) is 18.2 Å². The quantitative estimate of drug-likeness (QED) is 0.433. The first-order chi connectivity index (χ1) is 13.8. The molecule has 1 N–H and O–H groups in total. The summed E-state index contributed by atoms with van der Waals surface area (Å²) in [5, 5.41) is 8.78. The number of nitrogens with one attached hydrogen (secondary N) is 1. The van der Waals surface area contributed by atoms with Crippen molar-refractivity contribution in [2.75, 3.05) is 0 Å². The third-order valence-electron chi connectivity index (χ3n) is 4.03. The van der Waals surface area contributed by atoms with Gasteiger partial charge in [-0.3, -0.25) is 14.8 Å². The van der Waals surface area contributed by atoms with Gasteiger partial charge in [0.1, 0.15) is 5.69 Å². The molecule has 3 heterocycles. The van der Waals surface area contributed by atoms with Crippen molar-refractivity contribution in [3.63, 3.8) is 0 Å². The number of rotatable bonds is 5. The van der Waals surface area contributed by atoms with E-state index < -0.39 is 0 Å². The Labute approximate surface area is 161 Å². The number of carbonyl (C=O) groups is 1. The van der Waals surface area contributed by atoms with Gasteiger partial charge < -0.3 is 0 Å². The van der Waals surface area contributed by atoms with Crippen LogP contribution >= 0.6 is 0 Å². The average Bonchev–Trinajstić information content (AvgIpc) is 3.20. The lowest BCUT2D eigenvalue weighted by molar-refractivity contribution is 0.0955. The van der Waals surface area contributed by atoms with Crippen LogP contribution in [0.15, 0.2) is 90.7 Å². The maximum atomic E-state index is 12.1. The zero-order chi connectivity index (χ0) is 19.2. The number of carbonyl (C=O) groups excluding carboxylic acids is 1. The molecule has 0 unspecified atom stereocenters. The molecule has 0 saturated carbocycles. The number of amides is 1. The van der Waals surface area contributed by atoms with Crippen molar-refractivity contribution < 1.29 is 4.79 Å². The third kappa shape index (κ3) is 3.83. The van der Waals surface area contributed by atoms with E-state index in [1.165, 1.54) is 0 Å². The predicted molar refractivity (Wildman–Crippen MR) is 106 cm³/mol. The molecule has 0 atom stereocenters. The zero-order valence-electron chi connectivity index (χ0n) is 14.8. The summed E-state index contributed by atoms with van der Waals surface area (Å²) in [7, 11) is 0. The lowest BCUT2D eigenvalue weighted by Crippen LogP contribution is -2.17. The van der Waals surface area contributed by atoms with Crippen LogP contribution in [0.25, 0.3) is 16.9 Å². The van der Waals surface area contributed by atoms with E-state index in [4.69, 9.17) is 0 Å². The SMILES string of the molecule is O=C(N/N=C\c1cn(-c2ccccc2)nc1-c1ccncc1)c1ccncc1. The Morgan fingerprint density at radius 3 is 2.32 bits per heavy atom. The van der Waals surface area contributed by atoms with Gasteiger partial charge in [-0.05, 0) is 36.4 Å².